The summed E-state index contributed by atoms with van der Waals surface area (Å²) in [4.78, 5) is 0. The van der Waals surface area contributed by atoms with Crippen molar-refractivity contribution >= 4 is 32.5 Å². The van der Waals surface area contributed by atoms with E-state index in [1.807, 2.05) is 0 Å². The minimum atomic E-state index is -3.78. The van der Waals surface area contributed by atoms with E-state index in [0.717, 1.165) is 0 Å². The van der Waals surface area contributed by atoms with Crippen molar-refractivity contribution in [2.75, 3.05) is 0 Å². The predicted octanol–water partition coefficient (Wildman–Crippen LogP) is 0.864. The van der Waals surface area contributed by atoms with Gasteiger partial charge in [0.1, 0.15) is 5.52 Å². The molecular formula is C7H6ClN3O2S. The van der Waals surface area contributed by atoms with Gasteiger partial charge in [0.15, 0.2) is 5.03 Å². The number of nitrogens with zero attached hydrogens (tertiary/aromatic N) is 1. The van der Waals surface area contributed by atoms with Crippen molar-refractivity contribution in [1.82, 2.24) is 10.2 Å². The highest BCUT2D eigenvalue weighted by Crippen LogP contribution is 2.25. The van der Waals surface area contributed by atoms with Gasteiger partial charge in [0.2, 0.25) is 0 Å². The SMILES string of the molecule is NS(=O)(=O)c1[nH]nc2c(Cl)cccc12. The zero-order valence-corrected chi connectivity index (χ0v) is 8.43. The van der Waals surface area contributed by atoms with Crippen molar-refractivity contribution in [3.63, 3.8) is 0 Å². The number of aromatic amines is 1. The van der Waals surface area contributed by atoms with E-state index < -0.39 is 10.0 Å². The first kappa shape index (κ1) is 9.45. The number of hydrogen-bond donors (Lipinski definition) is 2. The third-order valence-corrected chi connectivity index (χ3v) is 2.97. The lowest BCUT2D eigenvalue weighted by atomic mass is 10.3. The molecule has 0 saturated heterocycles. The van der Waals surface area contributed by atoms with Crippen LogP contribution in [0.1, 0.15) is 0 Å². The Hall–Kier alpha value is -1.11. The molecule has 0 spiro atoms. The summed E-state index contributed by atoms with van der Waals surface area (Å²) in [5, 5.41) is 11.8. The molecule has 7 heteroatoms. The van der Waals surface area contributed by atoms with Crippen LogP contribution < -0.4 is 5.14 Å². The fraction of sp³-hybridized carbons (Fsp3) is 0. The fourth-order valence-electron chi connectivity index (χ4n) is 1.20. The summed E-state index contributed by atoms with van der Waals surface area (Å²) in [6.45, 7) is 0. The summed E-state index contributed by atoms with van der Waals surface area (Å²) in [6.07, 6.45) is 0. The summed E-state index contributed by atoms with van der Waals surface area (Å²) in [6, 6.07) is 4.84. The average Bonchev–Trinajstić information content (AvgIpc) is 2.47. The number of sulfonamides is 1. The first-order valence-electron chi connectivity index (χ1n) is 3.65. The molecule has 0 aliphatic heterocycles. The lowest BCUT2D eigenvalue weighted by Crippen LogP contribution is -2.12. The van der Waals surface area contributed by atoms with Crippen molar-refractivity contribution in [3.05, 3.63) is 23.2 Å². The van der Waals surface area contributed by atoms with Crippen LogP contribution in [0.15, 0.2) is 23.2 Å². The lowest BCUT2D eigenvalue weighted by molar-refractivity contribution is 0.594. The number of para-hydroxylation sites is 1. The molecule has 1 aromatic heterocycles. The molecule has 0 aliphatic carbocycles. The van der Waals surface area contributed by atoms with Gasteiger partial charge in [-0.3, -0.25) is 5.10 Å². The first-order chi connectivity index (χ1) is 6.50. The minimum absolute atomic E-state index is 0.116. The molecule has 1 aromatic carbocycles. The molecule has 14 heavy (non-hydrogen) atoms. The molecule has 2 aromatic rings. The van der Waals surface area contributed by atoms with Gasteiger partial charge < -0.3 is 0 Å². The van der Waals surface area contributed by atoms with E-state index >= 15 is 0 Å². The van der Waals surface area contributed by atoms with Gasteiger partial charge in [0, 0.05) is 5.39 Å². The summed E-state index contributed by atoms with van der Waals surface area (Å²) >= 11 is 5.80. The standard InChI is InChI=1S/C7H6ClN3O2S/c8-5-3-1-2-4-6(5)10-11-7(4)14(9,12)13/h1-3H,(H,10,11)(H2,9,12,13). The summed E-state index contributed by atoms with van der Waals surface area (Å²) in [5.74, 6) is 0. The maximum Gasteiger partial charge on any atom is 0.255 e. The molecule has 0 aliphatic rings. The van der Waals surface area contributed by atoms with E-state index in [0.29, 0.717) is 15.9 Å². The van der Waals surface area contributed by atoms with Crippen LogP contribution in [0.5, 0.6) is 0 Å². The third-order valence-electron chi connectivity index (χ3n) is 1.79. The van der Waals surface area contributed by atoms with Gasteiger partial charge in [-0.25, -0.2) is 13.6 Å². The van der Waals surface area contributed by atoms with E-state index in [-0.39, 0.29) is 5.03 Å². The van der Waals surface area contributed by atoms with Crippen LogP contribution in [-0.4, -0.2) is 18.6 Å². The lowest BCUT2D eigenvalue weighted by Gasteiger charge is -1.93. The average molecular weight is 232 g/mol. The highest BCUT2D eigenvalue weighted by Gasteiger charge is 2.16. The van der Waals surface area contributed by atoms with Crippen LogP contribution in [0.3, 0.4) is 0 Å². The van der Waals surface area contributed by atoms with Crippen LogP contribution >= 0.6 is 11.6 Å². The molecule has 0 amide bonds. The van der Waals surface area contributed by atoms with E-state index in [1.165, 1.54) is 0 Å². The van der Waals surface area contributed by atoms with Crippen LogP contribution in [0.4, 0.5) is 0 Å². The number of halogens is 1. The summed E-state index contributed by atoms with van der Waals surface area (Å²) < 4.78 is 22.2. The molecule has 0 saturated carbocycles. The van der Waals surface area contributed by atoms with Crippen LogP contribution in [0.25, 0.3) is 10.9 Å². The number of hydrogen-bond acceptors (Lipinski definition) is 3. The molecule has 0 bridgehead atoms. The van der Waals surface area contributed by atoms with Crippen LogP contribution in [-0.2, 0) is 10.0 Å². The van der Waals surface area contributed by atoms with Crippen LogP contribution in [0, 0.1) is 0 Å². The molecule has 0 radical (unpaired) electrons. The smallest absolute Gasteiger partial charge is 0.255 e. The Morgan fingerprint density at radius 1 is 1.43 bits per heavy atom. The third kappa shape index (κ3) is 1.37. The van der Waals surface area contributed by atoms with Crippen LogP contribution in [0.2, 0.25) is 5.02 Å². The van der Waals surface area contributed by atoms with Gasteiger partial charge in [-0.2, -0.15) is 5.10 Å². The number of rotatable bonds is 1. The normalized spacial score (nSPS) is 12.1. The molecule has 0 fully saturated rings. The van der Waals surface area contributed by atoms with Gasteiger partial charge in [-0.15, -0.1) is 0 Å². The number of aromatic nitrogens is 2. The van der Waals surface area contributed by atoms with Gasteiger partial charge in [-0.1, -0.05) is 17.7 Å². The number of H-pyrrole nitrogens is 1. The van der Waals surface area contributed by atoms with Crippen molar-refractivity contribution < 1.29 is 8.42 Å². The summed E-state index contributed by atoms with van der Waals surface area (Å²) in [7, 11) is -3.78. The Bertz CT molecular complexity index is 590. The van der Waals surface area contributed by atoms with Gasteiger partial charge in [-0.05, 0) is 12.1 Å². The molecule has 0 atom stereocenters. The second-order valence-corrected chi connectivity index (χ2v) is 4.64. The predicted molar refractivity (Wildman–Crippen MR) is 52.5 cm³/mol. The van der Waals surface area contributed by atoms with Gasteiger partial charge in [0.25, 0.3) is 10.0 Å². The number of fused-ring (bicyclic) bond motifs is 1. The molecule has 2 rings (SSSR count). The van der Waals surface area contributed by atoms with Gasteiger partial charge >= 0.3 is 0 Å². The number of primary sulfonamides is 1. The maximum absolute atomic E-state index is 11.1. The number of benzene rings is 1. The Kier molecular flexibility index (Phi) is 1.99. The Balaban J connectivity index is 2.90. The van der Waals surface area contributed by atoms with E-state index in [4.69, 9.17) is 16.7 Å². The Labute approximate surface area is 84.9 Å². The fourth-order valence-corrected chi connectivity index (χ4v) is 2.06. The monoisotopic (exact) mass is 231 g/mol. The van der Waals surface area contributed by atoms with E-state index in [1.54, 1.807) is 18.2 Å². The van der Waals surface area contributed by atoms with E-state index in [9.17, 15) is 8.42 Å². The minimum Gasteiger partial charge on any atom is -0.265 e. The second-order valence-electron chi connectivity index (χ2n) is 2.73. The highest BCUT2D eigenvalue weighted by molar-refractivity contribution is 7.89. The molecular weight excluding hydrogens is 226 g/mol. The molecule has 5 nitrogen and oxygen atoms in total. The number of nitrogens with one attached hydrogen (secondary N) is 1. The Morgan fingerprint density at radius 2 is 2.14 bits per heavy atom. The molecule has 74 valence electrons. The van der Waals surface area contributed by atoms with Crippen molar-refractivity contribution in [3.8, 4) is 0 Å². The largest absolute Gasteiger partial charge is 0.265 e. The Morgan fingerprint density at radius 3 is 2.79 bits per heavy atom. The van der Waals surface area contributed by atoms with Crippen molar-refractivity contribution in [2.45, 2.75) is 5.03 Å². The van der Waals surface area contributed by atoms with Crippen molar-refractivity contribution in [1.29, 1.82) is 0 Å². The maximum atomic E-state index is 11.1. The van der Waals surface area contributed by atoms with Crippen molar-refractivity contribution in [2.24, 2.45) is 5.14 Å². The topological polar surface area (TPSA) is 88.8 Å². The highest BCUT2D eigenvalue weighted by atomic mass is 35.5. The second kappa shape index (κ2) is 2.94. The molecule has 3 N–H and O–H groups in total. The zero-order chi connectivity index (χ0) is 10.3. The quantitative estimate of drug-likeness (QED) is 0.763. The molecule has 1 heterocycles. The first-order valence-corrected chi connectivity index (χ1v) is 5.58. The zero-order valence-electron chi connectivity index (χ0n) is 6.86. The van der Waals surface area contributed by atoms with E-state index in [2.05, 4.69) is 10.2 Å². The number of nitrogens with two attached hydrogens (primary N) is 1. The van der Waals surface area contributed by atoms with Gasteiger partial charge in [0.05, 0.1) is 5.02 Å². The molecule has 0 unspecified atom stereocenters. The summed E-state index contributed by atoms with van der Waals surface area (Å²) in [5.41, 5.74) is 0.401.